The Morgan fingerprint density at radius 1 is 1.40 bits per heavy atom. The second-order valence-corrected chi connectivity index (χ2v) is 6.04. The fraction of sp³-hybridized carbons (Fsp3) is 0.421. The first-order chi connectivity index (χ1) is 12.0. The molecule has 0 saturated carbocycles. The Morgan fingerprint density at radius 3 is 2.68 bits per heavy atom. The molecule has 6 heteroatoms. The highest BCUT2D eigenvalue weighted by atomic mass is 16.5. The molecule has 1 aromatic rings. The summed E-state index contributed by atoms with van der Waals surface area (Å²) in [7, 11) is 0. The average Bonchev–Trinajstić information content (AvgIpc) is 3.01. The highest BCUT2D eigenvalue weighted by Crippen LogP contribution is 2.26. The second kappa shape index (κ2) is 8.46. The molecule has 1 aliphatic rings. The highest BCUT2D eigenvalue weighted by molar-refractivity contribution is 5.99. The van der Waals surface area contributed by atoms with Crippen molar-refractivity contribution in [1.82, 2.24) is 5.32 Å². The molecule has 1 heterocycles. The largest absolute Gasteiger partial charge is 0.452 e. The molecule has 0 bridgehead atoms. The number of rotatable bonds is 7. The molecule has 1 aliphatic heterocycles. The van der Waals surface area contributed by atoms with E-state index in [0.717, 1.165) is 12.1 Å². The third kappa shape index (κ3) is 4.68. The Labute approximate surface area is 147 Å². The van der Waals surface area contributed by atoms with Crippen molar-refractivity contribution in [2.75, 3.05) is 18.0 Å². The van der Waals surface area contributed by atoms with Crippen LogP contribution in [-0.2, 0) is 25.5 Å². The lowest BCUT2D eigenvalue weighted by atomic mass is 10.1. The third-order valence-electron chi connectivity index (χ3n) is 4.20. The molecule has 1 saturated heterocycles. The van der Waals surface area contributed by atoms with Gasteiger partial charge in [-0.05, 0) is 31.0 Å². The summed E-state index contributed by atoms with van der Waals surface area (Å²) in [6, 6.07) is 7.71. The van der Waals surface area contributed by atoms with Crippen molar-refractivity contribution in [2.24, 2.45) is 5.92 Å². The van der Waals surface area contributed by atoms with Gasteiger partial charge in [-0.2, -0.15) is 0 Å². The minimum atomic E-state index is -0.902. The standard InChI is InChI=1S/C19H24N2O4/c1-4-10-20-18(23)13(3)25-19(24)15-11-17(22)21(12-15)16-8-6-14(5-2)7-9-16/h4,6-9,13,15H,1,5,10-12H2,2-3H3,(H,20,23)/t13-,15+/m1/s1. The number of amides is 2. The number of hydrogen-bond donors (Lipinski definition) is 1. The monoisotopic (exact) mass is 344 g/mol. The van der Waals surface area contributed by atoms with Crippen molar-refractivity contribution in [1.29, 1.82) is 0 Å². The molecule has 0 aliphatic carbocycles. The molecule has 2 atom stereocenters. The fourth-order valence-electron chi connectivity index (χ4n) is 2.67. The van der Waals surface area contributed by atoms with Crippen molar-refractivity contribution < 1.29 is 19.1 Å². The normalized spacial score (nSPS) is 17.9. The summed E-state index contributed by atoms with van der Waals surface area (Å²) in [4.78, 5) is 37.8. The number of ether oxygens (including phenoxy) is 1. The molecule has 0 radical (unpaired) electrons. The summed E-state index contributed by atoms with van der Waals surface area (Å²) < 4.78 is 5.20. The average molecular weight is 344 g/mol. The summed E-state index contributed by atoms with van der Waals surface area (Å²) in [5.74, 6) is -1.59. The summed E-state index contributed by atoms with van der Waals surface area (Å²) in [6.45, 7) is 7.66. The summed E-state index contributed by atoms with van der Waals surface area (Å²) in [6.07, 6.45) is 1.66. The number of anilines is 1. The lowest BCUT2D eigenvalue weighted by Gasteiger charge is -2.18. The van der Waals surface area contributed by atoms with Crippen LogP contribution in [0.4, 0.5) is 5.69 Å². The van der Waals surface area contributed by atoms with Crippen LogP contribution in [0.1, 0.15) is 25.8 Å². The van der Waals surface area contributed by atoms with Crippen LogP contribution in [0.15, 0.2) is 36.9 Å². The Kier molecular flexibility index (Phi) is 6.33. The van der Waals surface area contributed by atoms with Gasteiger partial charge in [0.15, 0.2) is 6.10 Å². The first-order valence-electron chi connectivity index (χ1n) is 8.44. The highest BCUT2D eigenvalue weighted by Gasteiger charge is 2.37. The van der Waals surface area contributed by atoms with Gasteiger partial charge in [0, 0.05) is 25.2 Å². The fourth-order valence-corrected chi connectivity index (χ4v) is 2.67. The Hall–Kier alpha value is -2.63. The number of nitrogens with one attached hydrogen (secondary N) is 1. The molecular formula is C19H24N2O4. The number of nitrogens with zero attached hydrogens (tertiary/aromatic N) is 1. The van der Waals surface area contributed by atoms with Crippen LogP contribution in [-0.4, -0.2) is 37.0 Å². The van der Waals surface area contributed by atoms with Gasteiger partial charge in [-0.1, -0.05) is 25.1 Å². The van der Waals surface area contributed by atoms with Crippen molar-refractivity contribution in [3.8, 4) is 0 Å². The van der Waals surface area contributed by atoms with Crippen LogP contribution in [0.25, 0.3) is 0 Å². The summed E-state index contributed by atoms with van der Waals surface area (Å²) in [5.41, 5.74) is 1.96. The van der Waals surface area contributed by atoms with Gasteiger partial charge >= 0.3 is 5.97 Å². The third-order valence-corrected chi connectivity index (χ3v) is 4.20. The maximum atomic E-state index is 12.3. The molecule has 2 rings (SSSR count). The number of hydrogen-bond acceptors (Lipinski definition) is 4. The first-order valence-corrected chi connectivity index (χ1v) is 8.44. The SMILES string of the molecule is C=CCNC(=O)[C@@H](C)OC(=O)[C@H]1CC(=O)N(c2ccc(CC)cc2)C1. The summed E-state index contributed by atoms with van der Waals surface area (Å²) >= 11 is 0. The molecule has 6 nitrogen and oxygen atoms in total. The first kappa shape index (κ1) is 18.7. The Bertz CT molecular complexity index is 654. The van der Waals surface area contributed by atoms with E-state index in [1.54, 1.807) is 11.0 Å². The van der Waals surface area contributed by atoms with Crippen LogP contribution in [0.5, 0.6) is 0 Å². The maximum absolute atomic E-state index is 12.3. The number of esters is 1. The smallest absolute Gasteiger partial charge is 0.312 e. The summed E-state index contributed by atoms with van der Waals surface area (Å²) in [5, 5.41) is 2.57. The number of benzene rings is 1. The van der Waals surface area contributed by atoms with Gasteiger partial charge in [0.25, 0.3) is 5.91 Å². The molecule has 1 aromatic carbocycles. The van der Waals surface area contributed by atoms with Crippen molar-refractivity contribution in [3.63, 3.8) is 0 Å². The zero-order valence-corrected chi connectivity index (χ0v) is 14.7. The maximum Gasteiger partial charge on any atom is 0.312 e. The van der Waals surface area contributed by atoms with Gasteiger partial charge in [-0.3, -0.25) is 14.4 Å². The molecule has 1 N–H and O–H groups in total. The molecule has 2 amide bonds. The Morgan fingerprint density at radius 2 is 2.08 bits per heavy atom. The van der Waals surface area contributed by atoms with Gasteiger partial charge in [0.2, 0.25) is 5.91 Å². The molecule has 0 unspecified atom stereocenters. The van der Waals surface area contributed by atoms with Crippen LogP contribution in [0.2, 0.25) is 0 Å². The van der Waals surface area contributed by atoms with E-state index in [1.807, 2.05) is 24.3 Å². The van der Waals surface area contributed by atoms with Gasteiger partial charge < -0.3 is 15.0 Å². The predicted octanol–water partition coefficient (Wildman–Crippen LogP) is 1.84. The number of carbonyl (C=O) groups excluding carboxylic acids is 3. The van der Waals surface area contributed by atoms with Crippen molar-refractivity contribution >= 4 is 23.5 Å². The topological polar surface area (TPSA) is 75.7 Å². The van der Waals surface area contributed by atoms with Gasteiger partial charge in [0.05, 0.1) is 5.92 Å². The lowest BCUT2D eigenvalue weighted by molar-refractivity contribution is -0.158. The van der Waals surface area contributed by atoms with Crippen molar-refractivity contribution in [2.45, 2.75) is 32.8 Å². The van der Waals surface area contributed by atoms with E-state index in [9.17, 15) is 14.4 Å². The number of aryl methyl sites for hydroxylation is 1. The zero-order chi connectivity index (χ0) is 18.4. The number of carbonyl (C=O) groups is 3. The quantitative estimate of drug-likeness (QED) is 0.605. The van der Waals surface area contributed by atoms with Crippen LogP contribution >= 0.6 is 0 Å². The Balaban J connectivity index is 1.95. The second-order valence-electron chi connectivity index (χ2n) is 6.04. The van der Waals surface area contributed by atoms with Gasteiger partial charge in [-0.25, -0.2) is 0 Å². The van der Waals surface area contributed by atoms with Crippen LogP contribution in [0, 0.1) is 5.92 Å². The molecule has 1 fully saturated rings. The van der Waals surface area contributed by atoms with Crippen molar-refractivity contribution in [3.05, 3.63) is 42.5 Å². The van der Waals surface area contributed by atoms with E-state index < -0.39 is 18.0 Å². The molecule has 0 spiro atoms. The zero-order valence-electron chi connectivity index (χ0n) is 14.7. The molecule has 0 aromatic heterocycles. The van der Waals surface area contributed by atoms with E-state index in [4.69, 9.17) is 4.74 Å². The predicted molar refractivity (Wildman–Crippen MR) is 95.0 cm³/mol. The van der Waals surface area contributed by atoms with Crippen LogP contribution < -0.4 is 10.2 Å². The van der Waals surface area contributed by atoms with E-state index in [-0.39, 0.29) is 24.8 Å². The van der Waals surface area contributed by atoms with Gasteiger partial charge in [0.1, 0.15) is 0 Å². The van der Waals surface area contributed by atoms with Gasteiger partial charge in [-0.15, -0.1) is 6.58 Å². The van der Waals surface area contributed by atoms with E-state index in [0.29, 0.717) is 6.54 Å². The molecule has 25 heavy (non-hydrogen) atoms. The van der Waals surface area contributed by atoms with E-state index >= 15 is 0 Å². The minimum Gasteiger partial charge on any atom is -0.452 e. The lowest BCUT2D eigenvalue weighted by Crippen LogP contribution is -2.37. The van der Waals surface area contributed by atoms with E-state index in [2.05, 4.69) is 18.8 Å². The van der Waals surface area contributed by atoms with Crippen LogP contribution in [0.3, 0.4) is 0 Å². The van der Waals surface area contributed by atoms with E-state index in [1.165, 1.54) is 12.5 Å². The minimum absolute atomic E-state index is 0.0926. The molecule has 134 valence electrons. The molecular weight excluding hydrogens is 320 g/mol.